The Morgan fingerprint density at radius 1 is 1.43 bits per heavy atom. The number of nitrogens with zero attached hydrogens (tertiary/aromatic N) is 3. The normalized spacial score (nSPS) is 22.9. The molecule has 2 rings (SSSR count). The topological polar surface area (TPSA) is 57.6 Å². The molecule has 6 heteroatoms. The zero-order valence-electron chi connectivity index (χ0n) is 13.2. The van der Waals surface area contributed by atoms with Crippen LogP contribution in [0.3, 0.4) is 0 Å². The predicted octanol–water partition coefficient (Wildman–Crippen LogP) is 1.19. The third kappa shape index (κ3) is 3.44. The van der Waals surface area contributed by atoms with Gasteiger partial charge < -0.3 is 19.7 Å². The molecule has 1 N–H and O–H groups in total. The van der Waals surface area contributed by atoms with Gasteiger partial charge in [-0.15, -0.1) is 0 Å². The summed E-state index contributed by atoms with van der Waals surface area (Å²) in [5, 5.41) is 2.72. The summed E-state index contributed by atoms with van der Waals surface area (Å²) < 4.78 is 1.45. The number of amides is 2. The van der Waals surface area contributed by atoms with E-state index >= 15 is 0 Å². The minimum atomic E-state index is -0.222. The Bertz CT molecular complexity index is 569. The van der Waals surface area contributed by atoms with Crippen LogP contribution in [0.2, 0.25) is 0 Å². The molecule has 1 fully saturated rings. The molecule has 116 valence electrons. The van der Waals surface area contributed by atoms with Gasteiger partial charge in [0.05, 0.1) is 0 Å². The van der Waals surface area contributed by atoms with E-state index < -0.39 is 0 Å². The summed E-state index contributed by atoms with van der Waals surface area (Å²) in [4.78, 5) is 28.3. The molecule has 2 atom stereocenters. The SMILES string of the molecule is CC1CN(C)CCC1N(C)C(=O)Nc1cccn(C)c1=O. The van der Waals surface area contributed by atoms with E-state index in [1.165, 1.54) is 4.57 Å². The van der Waals surface area contributed by atoms with Crippen molar-refractivity contribution < 1.29 is 4.79 Å². The quantitative estimate of drug-likeness (QED) is 0.891. The lowest BCUT2D eigenvalue weighted by Gasteiger charge is -2.39. The van der Waals surface area contributed by atoms with Gasteiger partial charge in [-0.2, -0.15) is 0 Å². The predicted molar refractivity (Wildman–Crippen MR) is 83.5 cm³/mol. The lowest BCUT2D eigenvalue weighted by atomic mass is 9.93. The fraction of sp³-hybridized carbons (Fsp3) is 0.600. The summed E-state index contributed by atoms with van der Waals surface area (Å²) in [6.45, 7) is 4.13. The summed E-state index contributed by atoms with van der Waals surface area (Å²) in [5.74, 6) is 0.415. The highest BCUT2D eigenvalue weighted by atomic mass is 16.2. The van der Waals surface area contributed by atoms with Crippen molar-refractivity contribution in [2.24, 2.45) is 13.0 Å². The molecule has 1 aromatic rings. The highest BCUT2D eigenvalue weighted by Crippen LogP contribution is 2.20. The van der Waals surface area contributed by atoms with E-state index in [9.17, 15) is 9.59 Å². The summed E-state index contributed by atoms with van der Waals surface area (Å²) in [5.41, 5.74) is 0.119. The number of carbonyl (C=O) groups excluding carboxylic acids is 1. The van der Waals surface area contributed by atoms with Gasteiger partial charge in [-0.1, -0.05) is 6.92 Å². The molecule has 2 heterocycles. The van der Waals surface area contributed by atoms with Crippen LogP contribution >= 0.6 is 0 Å². The Morgan fingerprint density at radius 3 is 2.81 bits per heavy atom. The molecule has 0 radical (unpaired) electrons. The van der Waals surface area contributed by atoms with Crippen LogP contribution in [-0.4, -0.2) is 53.6 Å². The van der Waals surface area contributed by atoms with Gasteiger partial charge in [0.1, 0.15) is 5.69 Å². The number of hydrogen-bond acceptors (Lipinski definition) is 3. The second-order valence-corrected chi connectivity index (χ2v) is 5.97. The van der Waals surface area contributed by atoms with Crippen molar-refractivity contribution in [2.75, 3.05) is 32.5 Å². The Hall–Kier alpha value is -1.82. The number of pyridine rings is 1. The van der Waals surface area contributed by atoms with Crippen LogP contribution in [0.15, 0.2) is 23.1 Å². The highest BCUT2D eigenvalue weighted by Gasteiger charge is 2.30. The summed E-state index contributed by atoms with van der Waals surface area (Å²) >= 11 is 0. The first-order valence-electron chi connectivity index (χ1n) is 7.28. The molecule has 0 bridgehead atoms. The maximum Gasteiger partial charge on any atom is 0.321 e. The van der Waals surface area contributed by atoms with Crippen LogP contribution < -0.4 is 10.9 Å². The number of nitrogens with one attached hydrogen (secondary N) is 1. The van der Waals surface area contributed by atoms with Crippen molar-refractivity contribution in [3.63, 3.8) is 0 Å². The Labute approximate surface area is 125 Å². The molecule has 6 nitrogen and oxygen atoms in total. The molecule has 0 spiro atoms. The lowest BCUT2D eigenvalue weighted by molar-refractivity contribution is 0.113. The summed E-state index contributed by atoms with van der Waals surface area (Å²) in [6, 6.07) is 3.36. The molecular formula is C15H24N4O2. The van der Waals surface area contributed by atoms with Gasteiger partial charge in [0.2, 0.25) is 0 Å². The molecule has 2 amide bonds. The Morgan fingerprint density at radius 2 is 2.14 bits per heavy atom. The van der Waals surface area contributed by atoms with E-state index in [1.807, 2.05) is 0 Å². The summed E-state index contributed by atoms with van der Waals surface area (Å²) in [7, 11) is 5.57. The van der Waals surface area contributed by atoms with Crippen molar-refractivity contribution in [3.05, 3.63) is 28.7 Å². The number of aromatic nitrogens is 1. The van der Waals surface area contributed by atoms with Gasteiger partial charge in [0, 0.05) is 32.9 Å². The minimum Gasteiger partial charge on any atom is -0.324 e. The van der Waals surface area contributed by atoms with E-state index in [4.69, 9.17) is 0 Å². The first kappa shape index (κ1) is 15.6. The van der Waals surface area contributed by atoms with Crippen LogP contribution in [0.4, 0.5) is 10.5 Å². The van der Waals surface area contributed by atoms with Gasteiger partial charge in [0.25, 0.3) is 5.56 Å². The molecule has 1 aliphatic rings. The number of likely N-dealkylation sites (tertiary alicyclic amines) is 1. The number of rotatable bonds is 2. The molecular weight excluding hydrogens is 268 g/mol. The van der Waals surface area contributed by atoms with Crippen molar-refractivity contribution >= 4 is 11.7 Å². The minimum absolute atomic E-state index is 0.198. The van der Waals surface area contributed by atoms with Gasteiger partial charge in [-0.05, 0) is 38.1 Å². The van der Waals surface area contributed by atoms with Crippen molar-refractivity contribution in [3.8, 4) is 0 Å². The van der Waals surface area contributed by atoms with E-state index in [-0.39, 0.29) is 17.6 Å². The molecule has 21 heavy (non-hydrogen) atoms. The zero-order valence-corrected chi connectivity index (χ0v) is 13.2. The third-order valence-electron chi connectivity index (χ3n) is 4.25. The van der Waals surface area contributed by atoms with Crippen LogP contribution in [0, 0.1) is 5.92 Å². The Balaban J connectivity index is 2.06. The lowest BCUT2D eigenvalue weighted by Crippen LogP contribution is -2.51. The number of piperidine rings is 1. The molecule has 0 saturated carbocycles. The highest BCUT2D eigenvalue weighted by molar-refractivity contribution is 5.89. The number of hydrogen-bond donors (Lipinski definition) is 1. The van der Waals surface area contributed by atoms with Gasteiger partial charge in [0.15, 0.2) is 0 Å². The average Bonchev–Trinajstić information content (AvgIpc) is 2.43. The standard InChI is InChI=1S/C15H24N4O2/c1-11-10-17(2)9-7-13(11)19(4)15(21)16-12-6-5-8-18(3)14(12)20/h5-6,8,11,13H,7,9-10H2,1-4H3,(H,16,21). The monoisotopic (exact) mass is 292 g/mol. The second-order valence-electron chi connectivity index (χ2n) is 5.97. The molecule has 1 aromatic heterocycles. The van der Waals surface area contributed by atoms with Gasteiger partial charge >= 0.3 is 6.03 Å². The van der Waals surface area contributed by atoms with Crippen LogP contribution in [-0.2, 0) is 7.05 Å². The van der Waals surface area contributed by atoms with Crippen molar-refractivity contribution in [2.45, 2.75) is 19.4 Å². The molecule has 1 aliphatic heterocycles. The van der Waals surface area contributed by atoms with Crippen LogP contribution in [0.25, 0.3) is 0 Å². The third-order valence-corrected chi connectivity index (χ3v) is 4.25. The van der Waals surface area contributed by atoms with E-state index in [0.717, 1.165) is 19.5 Å². The first-order chi connectivity index (χ1) is 9.90. The number of anilines is 1. The fourth-order valence-corrected chi connectivity index (χ4v) is 2.96. The molecule has 1 saturated heterocycles. The van der Waals surface area contributed by atoms with Gasteiger partial charge in [-0.3, -0.25) is 4.79 Å². The fourth-order valence-electron chi connectivity index (χ4n) is 2.96. The maximum absolute atomic E-state index is 12.4. The number of urea groups is 1. The summed E-state index contributed by atoms with van der Waals surface area (Å²) in [6.07, 6.45) is 2.62. The first-order valence-corrected chi connectivity index (χ1v) is 7.28. The maximum atomic E-state index is 12.4. The van der Waals surface area contributed by atoms with E-state index in [2.05, 4.69) is 24.2 Å². The van der Waals surface area contributed by atoms with E-state index in [0.29, 0.717) is 11.6 Å². The van der Waals surface area contributed by atoms with Crippen LogP contribution in [0.5, 0.6) is 0 Å². The van der Waals surface area contributed by atoms with Crippen molar-refractivity contribution in [1.29, 1.82) is 0 Å². The molecule has 0 aliphatic carbocycles. The molecule has 2 unspecified atom stereocenters. The number of aryl methyl sites for hydroxylation is 1. The Kier molecular flexibility index (Phi) is 4.67. The number of carbonyl (C=O) groups is 1. The smallest absolute Gasteiger partial charge is 0.321 e. The largest absolute Gasteiger partial charge is 0.324 e. The van der Waals surface area contributed by atoms with Crippen LogP contribution in [0.1, 0.15) is 13.3 Å². The average molecular weight is 292 g/mol. The van der Waals surface area contributed by atoms with Crippen molar-refractivity contribution in [1.82, 2.24) is 14.4 Å². The second kappa shape index (κ2) is 6.30. The molecule has 0 aromatic carbocycles. The van der Waals surface area contributed by atoms with E-state index in [1.54, 1.807) is 37.3 Å². The van der Waals surface area contributed by atoms with Gasteiger partial charge in [-0.25, -0.2) is 4.79 Å². The zero-order chi connectivity index (χ0) is 15.6.